The Balaban J connectivity index is 1.70. The van der Waals surface area contributed by atoms with Crippen LogP contribution in [-0.2, 0) is 25.9 Å². The highest BCUT2D eigenvalue weighted by Gasteiger charge is 2.38. The van der Waals surface area contributed by atoms with Crippen molar-refractivity contribution in [1.29, 1.82) is 0 Å². The molecule has 3 rings (SSSR count). The number of amides is 1. The largest absolute Gasteiger partial charge is 0.452 e. The van der Waals surface area contributed by atoms with Crippen LogP contribution in [-0.4, -0.2) is 60.0 Å². The van der Waals surface area contributed by atoms with Crippen LogP contribution in [0.25, 0.3) is 0 Å². The van der Waals surface area contributed by atoms with Gasteiger partial charge in [0.1, 0.15) is 0 Å². The molecule has 162 valence electrons. The van der Waals surface area contributed by atoms with Crippen molar-refractivity contribution in [3.8, 4) is 0 Å². The zero-order valence-electron chi connectivity index (χ0n) is 17.6. The molecule has 2 fully saturated rings. The molecule has 1 aromatic rings. The van der Waals surface area contributed by atoms with Crippen LogP contribution in [0.4, 0.5) is 0 Å². The van der Waals surface area contributed by atoms with Crippen LogP contribution in [0, 0.1) is 13.8 Å². The van der Waals surface area contributed by atoms with E-state index in [1.807, 2.05) is 25.3 Å². The van der Waals surface area contributed by atoms with Gasteiger partial charge in [0.2, 0.25) is 0 Å². The number of hydrogen-bond acceptors (Lipinski definition) is 5. The molecular formula is C21H32N2O5S. The fourth-order valence-electron chi connectivity index (χ4n) is 4.83. The van der Waals surface area contributed by atoms with E-state index >= 15 is 0 Å². The van der Waals surface area contributed by atoms with Crippen LogP contribution in [0.3, 0.4) is 0 Å². The lowest BCUT2D eigenvalue weighted by molar-refractivity contribution is -0.140. The summed E-state index contributed by atoms with van der Waals surface area (Å²) in [5, 5.41) is 0. The first-order chi connectivity index (χ1) is 13.7. The molecule has 1 saturated carbocycles. The second kappa shape index (κ2) is 8.90. The topological polar surface area (TPSA) is 85.7 Å². The average molecular weight is 425 g/mol. The fourth-order valence-corrected chi connectivity index (χ4v) is 6.54. The van der Waals surface area contributed by atoms with Gasteiger partial charge in [-0.3, -0.25) is 4.79 Å². The SMILES string of the molecule is CCn1c(C)cc(C(=O)OCC(=O)N(C2CCCCC2)[C@H]2CCS(=O)(=O)C2)c1C. The van der Waals surface area contributed by atoms with Crippen molar-refractivity contribution < 1.29 is 22.7 Å². The number of carbonyl (C=O) groups excluding carboxylic acids is 2. The third kappa shape index (κ3) is 4.85. The van der Waals surface area contributed by atoms with Gasteiger partial charge in [-0.1, -0.05) is 19.3 Å². The van der Waals surface area contributed by atoms with Gasteiger partial charge in [0.05, 0.1) is 17.1 Å². The Morgan fingerprint density at radius 3 is 2.38 bits per heavy atom. The predicted molar refractivity (Wildman–Crippen MR) is 111 cm³/mol. The molecule has 0 unspecified atom stereocenters. The normalized spacial score (nSPS) is 21.8. The maximum absolute atomic E-state index is 13.0. The highest BCUT2D eigenvalue weighted by Crippen LogP contribution is 2.28. The number of carbonyl (C=O) groups is 2. The van der Waals surface area contributed by atoms with Crippen LogP contribution >= 0.6 is 0 Å². The lowest BCUT2D eigenvalue weighted by atomic mass is 9.93. The Morgan fingerprint density at radius 2 is 1.83 bits per heavy atom. The van der Waals surface area contributed by atoms with Gasteiger partial charge in [-0.2, -0.15) is 0 Å². The molecule has 8 heteroatoms. The van der Waals surface area contributed by atoms with Crippen molar-refractivity contribution in [3.05, 3.63) is 23.0 Å². The first-order valence-electron chi connectivity index (χ1n) is 10.6. The van der Waals surface area contributed by atoms with Gasteiger partial charge in [-0.25, -0.2) is 13.2 Å². The van der Waals surface area contributed by atoms with E-state index in [1.165, 1.54) is 0 Å². The third-order valence-corrected chi connectivity index (χ3v) is 8.04. The summed E-state index contributed by atoms with van der Waals surface area (Å²) in [7, 11) is -3.10. The second-order valence-electron chi connectivity index (χ2n) is 8.25. The van der Waals surface area contributed by atoms with Crippen molar-refractivity contribution in [1.82, 2.24) is 9.47 Å². The summed E-state index contributed by atoms with van der Waals surface area (Å²) in [6.07, 6.45) is 5.45. The van der Waals surface area contributed by atoms with Crippen LogP contribution in [0.2, 0.25) is 0 Å². The molecule has 1 atom stereocenters. The molecule has 7 nitrogen and oxygen atoms in total. The van der Waals surface area contributed by atoms with E-state index in [-0.39, 0.29) is 36.1 Å². The number of esters is 1. The summed E-state index contributed by atoms with van der Waals surface area (Å²) in [5.41, 5.74) is 2.28. The Bertz CT molecular complexity index is 868. The predicted octanol–water partition coefficient (Wildman–Crippen LogP) is 2.63. The summed E-state index contributed by atoms with van der Waals surface area (Å²) in [6, 6.07) is 1.52. The number of ether oxygens (including phenoxy) is 1. The van der Waals surface area contributed by atoms with E-state index in [0.29, 0.717) is 12.0 Å². The summed E-state index contributed by atoms with van der Waals surface area (Å²) >= 11 is 0. The van der Waals surface area contributed by atoms with E-state index in [0.717, 1.165) is 50.0 Å². The molecule has 1 saturated heterocycles. The first-order valence-corrected chi connectivity index (χ1v) is 12.4. The number of rotatable bonds is 6. The minimum absolute atomic E-state index is 0.0147. The van der Waals surface area contributed by atoms with Crippen LogP contribution < -0.4 is 0 Å². The first kappa shape index (κ1) is 21.9. The van der Waals surface area contributed by atoms with Crippen molar-refractivity contribution in [2.75, 3.05) is 18.1 Å². The maximum atomic E-state index is 13.0. The molecule has 0 radical (unpaired) electrons. The Morgan fingerprint density at radius 1 is 1.14 bits per heavy atom. The number of hydrogen-bond donors (Lipinski definition) is 0. The third-order valence-electron chi connectivity index (χ3n) is 6.29. The van der Waals surface area contributed by atoms with E-state index < -0.39 is 15.8 Å². The number of aromatic nitrogens is 1. The van der Waals surface area contributed by atoms with Gasteiger partial charge in [-0.15, -0.1) is 0 Å². The molecular weight excluding hydrogens is 392 g/mol. The lowest BCUT2D eigenvalue weighted by Crippen LogP contribution is -2.50. The molecule has 1 aliphatic carbocycles. The van der Waals surface area contributed by atoms with Crippen LogP contribution in [0.5, 0.6) is 0 Å². The van der Waals surface area contributed by atoms with E-state index in [4.69, 9.17) is 4.74 Å². The molecule has 29 heavy (non-hydrogen) atoms. The smallest absolute Gasteiger partial charge is 0.340 e. The van der Waals surface area contributed by atoms with Gasteiger partial charge in [0.25, 0.3) is 5.91 Å². The van der Waals surface area contributed by atoms with E-state index in [2.05, 4.69) is 0 Å². The zero-order chi connectivity index (χ0) is 21.2. The summed E-state index contributed by atoms with van der Waals surface area (Å²) < 4.78 is 31.4. The number of aryl methyl sites for hydroxylation is 1. The summed E-state index contributed by atoms with van der Waals surface area (Å²) in [6.45, 7) is 6.23. The highest BCUT2D eigenvalue weighted by molar-refractivity contribution is 7.91. The standard InChI is InChI=1S/C21H32N2O5S/c1-4-22-15(2)12-19(16(22)3)21(25)28-13-20(24)23(17-8-6-5-7-9-17)18-10-11-29(26,27)14-18/h12,17-18H,4-11,13-14H2,1-3H3/t18-/m0/s1. The minimum Gasteiger partial charge on any atom is -0.452 e. The maximum Gasteiger partial charge on any atom is 0.340 e. The summed E-state index contributed by atoms with van der Waals surface area (Å²) in [5.74, 6) is -0.650. The van der Waals surface area contributed by atoms with Crippen molar-refractivity contribution >= 4 is 21.7 Å². The lowest BCUT2D eigenvalue weighted by Gasteiger charge is -2.38. The van der Waals surface area contributed by atoms with E-state index in [1.54, 1.807) is 11.0 Å². The Hall–Kier alpha value is -1.83. The van der Waals surface area contributed by atoms with Gasteiger partial charge >= 0.3 is 5.97 Å². The molecule has 2 heterocycles. The second-order valence-corrected chi connectivity index (χ2v) is 10.5. The Kier molecular flexibility index (Phi) is 6.71. The van der Waals surface area contributed by atoms with Gasteiger partial charge in [-0.05, 0) is 46.1 Å². The molecule has 1 aromatic heterocycles. The molecule has 1 aliphatic heterocycles. The molecule has 0 N–H and O–H groups in total. The average Bonchev–Trinajstić information content (AvgIpc) is 3.18. The van der Waals surface area contributed by atoms with Gasteiger partial charge in [0.15, 0.2) is 16.4 Å². The van der Waals surface area contributed by atoms with E-state index in [9.17, 15) is 18.0 Å². The Labute approximate surface area is 173 Å². The molecule has 1 amide bonds. The zero-order valence-corrected chi connectivity index (χ0v) is 18.5. The quantitative estimate of drug-likeness (QED) is 0.656. The number of sulfone groups is 1. The van der Waals surface area contributed by atoms with Crippen LogP contribution in [0.1, 0.15) is 67.2 Å². The molecule has 0 spiro atoms. The van der Waals surface area contributed by atoms with Crippen molar-refractivity contribution in [2.24, 2.45) is 0 Å². The molecule has 0 aromatic carbocycles. The van der Waals surface area contributed by atoms with Crippen molar-refractivity contribution in [2.45, 2.75) is 77.9 Å². The number of nitrogens with zero attached hydrogens (tertiary/aromatic N) is 2. The highest BCUT2D eigenvalue weighted by atomic mass is 32.2. The fraction of sp³-hybridized carbons (Fsp3) is 0.714. The van der Waals surface area contributed by atoms with Gasteiger partial charge < -0.3 is 14.2 Å². The minimum atomic E-state index is -3.10. The van der Waals surface area contributed by atoms with Crippen LogP contribution in [0.15, 0.2) is 6.07 Å². The monoisotopic (exact) mass is 424 g/mol. The molecule has 2 aliphatic rings. The summed E-state index contributed by atoms with van der Waals surface area (Å²) in [4.78, 5) is 27.3. The molecule has 0 bridgehead atoms. The van der Waals surface area contributed by atoms with Crippen molar-refractivity contribution in [3.63, 3.8) is 0 Å². The van der Waals surface area contributed by atoms with Gasteiger partial charge in [0, 0.05) is 30.0 Å².